The fraction of sp³-hybridized carbons (Fsp3) is 0.200. The first-order chi connectivity index (χ1) is 12.2. The summed E-state index contributed by atoms with van der Waals surface area (Å²) in [5, 5.41) is 7.37. The van der Waals surface area contributed by atoms with Crippen LogP contribution in [-0.4, -0.2) is 15.7 Å². The molecule has 0 fully saturated rings. The molecule has 4 rings (SSSR count). The Morgan fingerprint density at radius 1 is 1.20 bits per heavy atom. The van der Waals surface area contributed by atoms with Gasteiger partial charge in [0.2, 0.25) is 0 Å². The lowest BCUT2D eigenvalue weighted by molar-refractivity contribution is 0.101. The second-order valence-corrected chi connectivity index (χ2v) is 6.09. The zero-order chi connectivity index (χ0) is 17.4. The van der Waals surface area contributed by atoms with Crippen molar-refractivity contribution in [3.05, 3.63) is 65.4 Å². The number of anilines is 1. The lowest BCUT2D eigenvalue weighted by atomic mass is 10.0. The number of carbonyl (C=O) groups is 1. The Labute approximate surface area is 146 Å². The first-order valence-corrected chi connectivity index (χ1v) is 8.35. The van der Waals surface area contributed by atoms with E-state index >= 15 is 0 Å². The zero-order valence-electron chi connectivity index (χ0n) is 14.2. The maximum absolute atomic E-state index is 12.7. The van der Waals surface area contributed by atoms with E-state index in [1.807, 2.05) is 55.6 Å². The number of fused-ring (bicyclic) bond motifs is 3. The van der Waals surface area contributed by atoms with Crippen LogP contribution in [0.4, 0.5) is 5.69 Å². The molecule has 0 saturated carbocycles. The molecule has 5 nitrogen and oxygen atoms in total. The average Bonchev–Trinajstić information content (AvgIpc) is 3.00. The van der Waals surface area contributed by atoms with Crippen LogP contribution < -0.4 is 10.1 Å². The second-order valence-electron chi connectivity index (χ2n) is 6.09. The quantitative estimate of drug-likeness (QED) is 0.793. The lowest BCUT2D eigenvalue weighted by Gasteiger charge is -2.18. The Balaban J connectivity index is 1.67. The van der Waals surface area contributed by atoms with Crippen LogP contribution in [0.25, 0.3) is 11.3 Å². The molecule has 0 aliphatic carbocycles. The van der Waals surface area contributed by atoms with Crippen LogP contribution >= 0.6 is 0 Å². The van der Waals surface area contributed by atoms with E-state index in [9.17, 15) is 4.79 Å². The molecular formula is C20H19N3O2. The monoisotopic (exact) mass is 333 g/mol. The van der Waals surface area contributed by atoms with Gasteiger partial charge >= 0.3 is 0 Å². The highest BCUT2D eigenvalue weighted by atomic mass is 16.5. The van der Waals surface area contributed by atoms with Crippen LogP contribution in [0.3, 0.4) is 0 Å². The summed E-state index contributed by atoms with van der Waals surface area (Å²) in [4.78, 5) is 12.7. The van der Waals surface area contributed by atoms with Crippen molar-refractivity contribution in [1.29, 1.82) is 0 Å². The van der Waals surface area contributed by atoms with Crippen molar-refractivity contribution in [3.8, 4) is 17.0 Å². The summed E-state index contributed by atoms with van der Waals surface area (Å²) in [6.07, 6.45) is 0.971. The van der Waals surface area contributed by atoms with Gasteiger partial charge in [-0.15, -0.1) is 0 Å². The molecule has 0 bridgehead atoms. The first-order valence-electron chi connectivity index (χ1n) is 8.35. The highest BCUT2D eigenvalue weighted by Gasteiger charge is 2.28. The summed E-state index contributed by atoms with van der Waals surface area (Å²) in [6, 6.07) is 15.7. The number of hydrogen-bond donors (Lipinski definition) is 1. The molecule has 5 heteroatoms. The van der Waals surface area contributed by atoms with Crippen molar-refractivity contribution in [2.45, 2.75) is 20.0 Å². The molecular weight excluding hydrogens is 314 g/mol. The third-order valence-corrected chi connectivity index (χ3v) is 4.49. The molecule has 126 valence electrons. The van der Waals surface area contributed by atoms with Crippen molar-refractivity contribution < 1.29 is 9.53 Å². The highest BCUT2D eigenvalue weighted by molar-refractivity contribution is 6.05. The Kier molecular flexibility index (Phi) is 3.76. The number of hydrogen-bond acceptors (Lipinski definition) is 3. The van der Waals surface area contributed by atoms with E-state index in [4.69, 9.17) is 4.74 Å². The van der Waals surface area contributed by atoms with E-state index in [2.05, 4.69) is 17.3 Å². The molecule has 25 heavy (non-hydrogen) atoms. The molecule has 0 unspecified atom stereocenters. The first kappa shape index (κ1) is 15.4. The number of amides is 1. The highest BCUT2D eigenvalue weighted by Crippen LogP contribution is 2.38. The van der Waals surface area contributed by atoms with Gasteiger partial charge in [0.05, 0.1) is 5.69 Å². The molecule has 1 amide bonds. The SMILES string of the molecule is CCc1ccc(NC(=O)c2nn(C)c3c2COc2ccccc2-3)cc1. The number of para-hydroxylation sites is 1. The summed E-state index contributed by atoms with van der Waals surface area (Å²) in [5.74, 6) is 0.601. The van der Waals surface area contributed by atoms with Crippen LogP contribution in [-0.2, 0) is 20.1 Å². The molecule has 0 spiro atoms. The van der Waals surface area contributed by atoms with Crippen molar-refractivity contribution >= 4 is 11.6 Å². The third kappa shape index (κ3) is 2.67. The van der Waals surface area contributed by atoms with E-state index in [0.717, 1.165) is 34.7 Å². The van der Waals surface area contributed by atoms with Gasteiger partial charge in [-0.05, 0) is 36.2 Å². The Bertz CT molecular complexity index is 942. The van der Waals surface area contributed by atoms with Crippen LogP contribution in [0.5, 0.6) is 5.75 Å². The van der Waals surface area contributed by atoms with E-state index in [1.54, 1.807) is 4.68 Å². The Morgan fingerprint density at radius 2 is 1.96 bits per heavy atom. The maximum atomic E-state index is 12.7. The predicted octanol–water partition coefficient (Wildman–Crippen LogP) is 3.79. The van der Waals surface area contributed by atoms with Crippen molar-refractivity contribution in [1.82, 2.24) is 9.78 Å². The van der Waals surface area contributed by atoms with E-state index in [-0.39, 0.29) is 5.91 Å². The number of rotatable bonds is 3. The van der Waals surface area contributed by atoms with Gasteiger partial charge < -0.3 is 10.1 Å². The minimum Gasteiger partial charge on any atom is -0.488 e. The largest absolute Gasteiger partial charge is 0.488 e. The summed E-state index contributed by atoms with van der Waals surface area (Å²) < 4.78 is 7.56. The molecule has 1 N–H and O–H groups in total. The number of nitrogens with one attached hydrogen (secondary N) is 1. The summed E-state index contributed by atoms with van der Waals surface area (Å²) in [7, 11) is 1.85. The molecule has 1 aromatic heterocycles. The van der Waals surface area contributed by atoms with Gasteiger partial charge in [0, 0.05) is 23.9 Å². The third-order valence-electron chi connectivity index (χ3n) is 4.49. The van der Waals surface area contributed by atoms with Gasteiger partial charge in [-0.3, -0.25) is 9.48 Å². The molecule has 2 aromatic carbocycles. The second kappa shape index (κ2) is 6.09. The van der Waals surface area contributed by atoms with Crippen LogP contribution in [0.1, 0.15) is 28.5 Å². The lowest BCUT2D eigenvalue weighted by Crippen LogP contribution is -2.16. The standard InChI is InChI=1S/C20H19N3O2/c1-3-13-8-10-14(11-9-13)21-20(24)18-16-12-25-17-7-5-4-6-15(17)19(16)23(2)22-18/h4-11H,3,12H2,1-2H3,(H,21,24). The van der Waals surface area contributed by atoms with Gasteiger partial charge in [0.1, 0.15) is 12.4 Å². The van der Waals surface area contributed by atoms with Gasteiger partial charge in [-0.2, -0.15) is 5.10 Å². The number of ether oxygens (including phenoxy) is 1. The van der Waals surface area contributed by atoms with Crippen molar-refractivity contribution in [2.75, 3.05) is 5.32 Å². The topological polar surface area (TPSA) is 56.2 Å². The molecule has 2 heterocycles. The normalized spacial score (nSPS) is 12.1. The minimum atomic E-state index is -0.218. The predicted molar refractivity (Wildman–Crippen MR) is 96.7 cm³/mol. The molecule has 0 radical (unpaired) electrons. The van der Waals surface area contributed by atoms with Gasteiger partial charge in [0.25, 0.3) is 5.91 Å². The molecule has 0 atom stereocenters. The fourth-order valence-electron chi connectivity index (χ4n) is 3.18. The number of nitrogens with zero attached hydrogens (tertiary/aromatic N) is 2. The van der Waals surface area contributed by atoms with Gasteiger partial charge in [-0.1, -0.05) is 31.2 Å². The maximum Gasteiger partial charge on any atom is 0.276 e. The number of benzene rings is 2. The van der Waals surface area contributed by atoms with Gasteiger partial charge in [-0.25, -0.2) is 0 Å². The van der Waals surface area contributed by atoms with Crippen LogP contribution in [0, 0.1) is 0 Å². The minimum absolute atomic E-state index is 0.218. The Hall–Kier alpha value is -3.08. The van der Waals surface area contributed by atoms with E-state index in [1.165, 1.54) is 5.56 Å². The molecule has 0 saturated heterocycles. The van der Waals surface area contributed by atoms with E-state index in [0.29, 0.717) is 12.3 Å². The summed E-state index contributed by atoms with van der Waals surface area (Å²) >= 11 is 0. The van der Waals surface area contributed by atoms with E-state index < -0.39 is 0 Å². The van der Waals surface area contributed by atoms with Crippen molar-refractivity contribution in [3.63, 3.8) is 0 Å². The van der Waals surface area contributed by atoms with Gasteiger partial charge in [0.15, 0.2) is 5.69 Å². The van der Waals surface area contributed by atoms with Crippen molar-refractivity contribution in [2.24, 2.45) is 7.05 Å². The number of carbonyl (C=O) groups excluding carboxylic acids is 1. The summed E-state index contributed by atoms with van der Waals surface area (Å²) in [6.45, 7) is 2.45. The number of aryl methyl sites for hydroxylation is 2. The average molecular weight is 333 g/mol. The Morgan fingerprint density at radius 3 is 2.72 bits per heavy atom. The fourth-order valence-corrected chi connectivity index (χ4v) is 3.18. The zero-order valence-corrected chi connectivity index (χ0v) is 14.2. The molecule has 1 aliphatic rings. The molecule has 1 aliphatic heterocycles. The molecule has 3 aromatic rings. The van der Waals surface area contributed by atoms with Crippen LogP contribution in [0.2, 0.25) is 0 Å². The smallest absolute Gasteiger partial charge is 0.276 e. The summed E-state index contributed by atoms with van der Waals surface area (Å²) in [5.41, 5.74) is 5.13. The number of aromatic nitrogens is 2. The van der Waals surface area contributed by atoms with Crippen LogP contribution in [0.15, 0.2) is 48.5 Å².